The minimum Gasteiger partial charge on any atom is -0.369 e. The zero-order valence-electron chi connectivity index (χ0n) is 11.6. The van der Waals surface area contributed by atoms with Gasteiger partial charge in [-0.1, -0.05) is 41.4 Å². The van der Waals surface area contributed by atoms with E-state index in [1.807, 2.05) is 12.1 Å². The molecule has 1 unspecified atom stereocenters. The van der Waals surface area contributed by atoms with Crippen molar-refractivity contribution in [2.24, 2.45) is 5.92 Å². The molecule has 1 heterocycles. The summed E-state index contributed by atoms with van der Waals surface area (Å²) in [7, 11) is 0. The Labute approximate surface area is 129 Å². The van der Waals surface area contributed by atoms with Crippen LogP contribution >= 0.6 is 27.5 Å². The van der Waals surface area contributed by atoms with Crippen molar-refractivity contribution in [2.45, 2.75) is 32.7 Å². The zero-order valence-corrected chi connectivity index (χ0v) is 14.0. The largest absolute Gasteiger partial charge is 0.369 e. The van der Waals surface area contributed by atoms with Gasteiger partial charge in [-0.05, 0) is 43.5 Å². The second-order valence-corrected chi connectivity index (χ2v) is 7.00. The number of hydrogen-bond acceptors (Lipinski definition) is 2. The van der Waals surface area contributed by atoms with Crippen LogP contribution in [-0.2, 0) is 0 Å². The first-order chi connectivity index (χ1) is 9.06. The highest BCUT2D eigenvalue weighted by molar-refractivity contribution is 9.10. The van der Waals surface area contributed by atoms with Crippen LogP contribution in [0.4, 0.5) is 5.69 Å². The van der Waals surface area contributed by atoms with Gasteiger partial charge >= 0.3 is 0 Å². The molecule has 2 rings (SSSR count). The van der Waals surface area contributed by atoms with Crippen LogP contribution in [0, 0.1) is 5.92 Å². The monoisotopic (exact) mass is 344 g/mol. The van der Waals surface area contributed by atoms with Gasteiger partial charge in [0, 0.05) is 23.6 Å². The third kappa shape index (κ3) is 4.37. The number of hydrogen-bond donors (Lipinski definition) is 1. The molecule has 0 aliphatic carbocycles. The van der Waals surface area contributed by atoms with E-state index < -0.39 is 0 Å². The molecule has 0 aromatic heterocycles. The predicted octanol–water partition coefficient (Wildman–Crippen LogP) is 4.32. The van der Waals surface area contributed by atoms with Crippen molar-refractivity contribution in [3.63, 3.8) is 0 Å². The molecule has 106 valence electrons. The Morgan fingerprint density at radius 1 is 1.47 bits per heavy atom. The smallest absolute Gasteiger partial charge is 0.0640 e. The Hall–Kier alpha value is -0.250. The summed E-state index contributed by atoms with van der Waals surface area (Å²) in [5.41, 5.74) is 1.15. The minimum absolute atomic E-state index is 0.553. The van der Waals surface area contributed by atoms with Crippen LogP contribution in [0.25, 0.3) is 0 Å². The van der Waals surface area contributed by atoms with Crippen LogP contribution in [0.2, 0.25) is 5.02 Å². The second kappa shape index (κ2) is 6.96. The van der Waals surface area contributed by atoms with Gasteiger partial charge in [0.1, 0.15) is 0 Å². The summed E-state index contributed by atoms with van der Waals surface area (Å²) in [4.78, 5) is 2.42. The lowest BCUT2D eigenvalue weighted by Gasteiger charge is -2.28. The van der Waals surface area contributed by atoms with Gasteiger partial charge in [-0.25, -0.2) is 0 Å². The van der Waals surface area contributed by atoms with E-state index >= 15 is 0 Å². The number of halogens is 2. The fraction of sp³-hybridized carbons (Fsp3) is 0.600. The van der Waals surface area contributed by atoms with Crippen molar-refractivity contribution in [3.05, 3.63) is 27.7 Å². The maximum Gasteiger partial charge on any atom is 0.0640 e. The summed E-state index contributed by atoms with van der Waals surface area (Å²) in [5, 5.41) is 4.49. The van der Waals surface area contributed by atoms with E-state index in [1.165, 1.54) is 6.42 Å². The molecule has 1 fully saturated rings. The van der Waals surface area contributed by atoms with E-state index in [0.717, 1.165) is 47.2 Å². The molecule has 1 aliphatic rings. The Morgan fingerprint density at radius 3 is 3.00 bits per heavy atom. The van der Waals surface area contributed by atoms with Gasteiger partial charge in [0.15, 0.2) is 0 Å². The number of nitrogens with zero attached hydrogens (tertiary/aromatic N) is 1. The summed E-state index contributed by atoms with van der Waals surface area (Å²) in [6, 6.07) is 6.64. The van der Waals surface area contributed by atoms with Gasteiger partial charge in [0.25, 0.3) is 0 Å². The highest BCUT2D eigenvalue weighted by Crippen LogP contribution is 2.30. The molecule has 0 bridgehead atoms. The zero-order chi connectivity index (χ0) is 13.8. The first-order valence-corrected chi connectivity index (χ1v) is 8.16. The van der Waals surface area contributed by atoms with Crippen molar-refractivity contribution in [2.75, 3.05) is 24.5 Å². The average molecular weight is 346 g/mol. The predicted molar refractivity (Wildman–Crippen MR) is 87.2 cm³/mol. The number of rotatable bonds is 3. The van der Waals surface area contributed by atoms with Gasteiger partial charge in [0.05, 0.1) is 10.7 Å². The molecule has 1 aromatic rings. The highest BCUT2D eigenvalue weighted by atomic mass is 79.9. The van der Waals surface area contributed by atoms with E-state index in [9.17, 15) is 0 Å². The fourth-order valence-electron chi connectivity index (χ4n) is 2.67. The molecule has 1 aliphatic heterocycles. The Bertz CT molecular complexity index is 423. The summed E-state index contributed by atoms with van der Waals surface area (Å²) < 4.78 is 1.09. The quantitative estimate of drug-likeness (QED) is 0.878. The number of benzene rings is 1. The maximum absolute atomic E-state index is 6.35. The van der Waals surface area contributed by atoms with Crippen LogP contribution in [-0.4, -0.2) is 25.7 Å². The van der Waals surface area contributed by atoms with Crippen molar-refractivity contribution in [1.82, 2.24) is 5.32 Å². The summed E-state index contributed by atoms with van der Waals surface area (Å²) in [5.74, 6) is 0.718. The molecule has 1 N–H and O–H groups in total. The van der Waals surface area contributed by atoms with E-state index in [1.54, 1.807) is 0 Å². The Kier molecular flexibility index (Phi) is 5.55. The van der Waals surface area contributed by atoms with Crippen LogP contribution in [0.15, 0.2) is 22.7 Å². The minimum atomic E-state index is 0.553. The molecule has 0 saturated carbocycles. The van der Waals surface area contributed by atoms with Gasteiger partial charge in [-0.2, -0.15) is 0 Å². The first-order valence-electron chi connectivity index (χ1n) is 6.99. The molecule has 0 spiro atoms. The lowest BCUT2D eigenvalue weighted by Crippen LogP contribution is -2.38. The molecule has 2 nitrogen and oxygen atoms in total. The molecule has 1 saturated heterocycles. The van der Waals surface area contributed by atoms with E-state index in [-0.39, 0.29) is 0 Å². The van der Waals surface area contributed by atoms with Crippen LogP contribution < -0.4 is 10.2 Å². The molecule has 19 heavy (non-hydrogen) atoms. The van der Waals surface area contributed by atoms with Gasteiger partial charge in [0.2, 0.25) is 0 Å². The van der Waals surface area contributed by atoms with Crippen molar-refractivity contribution in [3.8, 4) is 0 Å². The topological polar surface area (TPSA) is 15.3 Å². The Morgan fingerprint density at radius 2 is 2.26 bits per heavy atom. The van der Waals surface area contributed by atoms with Gasteiger partial charge in [-0.3, -0.25) is 0 Å². The third-order valence-electron chi connectivity index (χ3n) is 3.48. The van der Waals surface area contributed by atoms with Crippen molar-refractivity contribution in [1.29, 1.82) is 0 Å². The molecule has 1 aromatic carbocycles. The Balaban J connectivity index is 2.15. The summed E-state index contributed by atoms with van der Waals surface area (Å²) in [6.45, 7) is 7.76. The van der Waals surface area contributed by atoms with E-state index in [0.29, 0.717) is 6.04 Å². The number of anilines is 1. The normalized spacial score (nSPS) is 20.7. The average Bonchev–Trinajstić information content (AvgIpc) is 2.57. The van der Waals surface area contributed by atoms with E-state index in [2.05, 4.69) is 46.1 Å². The molecule has 4 heteroatoms. The lowest BCUT2D eigenvalue weighted by molar-refractivity contribution is 0.436. The standard InChI is InChI=1S/C15H22BrClN2/c1-11(2)8-13-10-19(7-3-6-18-13)15-9-12(16)4-5-14(15)17/h4-5,9,11,13,18H,3,6-8,10H2,1-2H3. The van der Waals surface area contributed by atoms with Gasteiger partial charge in [-0.15, -0.1) is 0 Å². The van der Waals surface area contributed by atoms with Crippen LogP contribution in [0.3, 0.4) is 0 Å². The lowest BCUT2D eigenvalue weighted by atomic mass is 10.0. The highest BCUT2D eigenvalue weighted by Gasteiger charge is 2.20. The maximum atomic E-state index is 6.35. The van der Waals surface area contributed by atoms with Crippen LogP contribution in [0.1, 0.15) is 26.7 Å². The molecular weight excluding hydrogens is 324 g/mol. The van der Waals surface area contributed by atoms with E-state index in [4.69, 9.17) is 11.6 Å². The van der Waals surface area contributed by atoms with Crippen LogP contribution in [0.5, 0.6) is 0 Å². The third-order valence-corrected chi connectivity index (χ3v) is 4.30. The molecule has 0 radical (unpaired) electrons. The molecule has 0 amide bonds. The van der Waals surface area contributed by atoms with Crippen molar-refractivity contribution < 1.29 is 0 Å². The SMILES string of the molecule is CC(C)CC1CN(c2cc(Br)ccc2Cl)CCCN1. The molecular formula is C15H22BrClN2. The fourth-order valence-corrected chi connectivity index (χ4v) is 3.26. The second-order valence-electron chi connectivity index (χ2n) is 5.68. The summed E-state index contributed by atoms with van der Waals surface area (Å²) >= 11 is 9.89. The first kappa shape index (κ1) is 15.1. The molecule has 1 atom stereocenters. The summed E-state index contributed by atoms with van der Waals surface area (Å²) in [6.07, 6.45) is 2.37. The van der Waals surface area contributed by atoms with Gasteiger partial charge < -0.3 is 10.2 Å². The number of nitrogens with one attached hydrogen (secondary N) is 1. The van der Waals surface area contributed by atoms with Crippen molar-refractivity contribution >= 4 is 33.2 Å².